The van der Waals surface area contributed by atoms with Gasteiger partial charge in [0, 0.05) is 0 Å². The SMILES string of the molecule is CCCCCCCCCC[C@H]1CCOC1=O. The summed E-state index contributed by atoms with van der Waals surface area (Å²) < 4.78 is 4.95. The lowest BCUT2D eigenvalue weighted by atomic mass is 9.99. The molecule has 2 nitrogen and oxygen atoms in total. The van der Waals surface area contributed by atoms with Crippen LogP contribution in [0.3, 0.4) is 0 Å². The van der Waals surface area contributed by atoms with Crippen molar-refractivity contribution in [3.63, 3.8) is 0 Å². The molecule has 0 bridgehead atoms. The Bertz CT molecular complexity index is 189. The van der Waals surface area contributed by atoms with Gasteiger partial charge < -0.3 is 4.74 Å². The molecule has 0 aromatic carbocycles. The lowest BCUT2D eigenvalue weighted by molar-refractivity contribution is -0.141. The highest BCUT2D eigenvalue weighted by atomic mass is 16.5. The van der Waals surface area contributed by atoms with Gasteiger partial charge in [-0.05, 0) is 12.8 Å². The third-order valence-electron chi connectivity index (χ3n) is 3.45. The zero-order chi connectivity index (χ0) is 11.6. The van der Waals surface area contributed by atoms with Gasteiger partial charge in [0.1, 0.15) is 0 Å². The third-order valence-corrected chi connectivity index (χ3v) is 3.45. The summed E-state index contributed by atoms with van der Waals surface area (Å²) in [6, 6.07) is 0. The first kappa shape index (κ1) is 13.5. The predicted octanol–water partition coefficient (Wildman–Crippen LogP) is 4.08. The second kappa shape index (κ2) is 8.60. The van der Waals surface area contributed by atoms with Crippen LogP contribution in [-0.4, -0.2) is 12.6 Å². The molecule has 2 heteroatoms. The van der Waals surface area contributed by atoms with Crippen LogP contribution in [-0.2, 0) is 9.53 Å². The Morgan fingerprint density at radius 1 is 1.06 bits per heavy atom. The van der Waals surface area contributed by atoms with Crippen LogP contribution >= 0.6 is 0 Å². The van der Waals surface area contributed by atoms with E-state index in [1.807, 2.05) is 0 Å². The average molecular weight is 226 g/mol. The van der Waals surface area contributed by atoms with Gasteiger partial charge in [0.25, 0.3) is 0 Å². The van der Waals surface area contributed by atoms with Gasteiger partial charge in [-0.1, -0.05) is 58.3 Å². The molecule has 1 aliphatic heterocycles. The highest BCUT2D eigenvalue weighted by molar-refractivity contribution is 5.73. The molecule has 0 unspecified atom stereocenters. The van der Waals surface area contributed by atoms with Gasteiger partial charge in [-0.15, -0.1) is 0 Å². The Hall–Kier alpha value is -0.530. The molecule has 1 atom stereocenters. The quantitative estimate of drug-likeness (QED) is 0.437. The van der Waals surface area contributed by atoms with E-state index in [0.29, 0.717) is 6.61 Å². The van der Waals surface area contributed by atoms with E-state index in [1.54, 1.807) is 0 Å². The van der Waals surface area contributed by atoms with E-state index >= 15 is 0 Å². The third kappa shape index (κ3) is 5.53. The number of esters is 1. The summed E-state index contributed by atoms with van der Waals surface area (Å²) >= 11 is 0. The van der Waals surface area contributed by atoms with Crippen molar-refractivity contribution >= 4 is 5.97 Å². The molecule has 0 radical (unpaired) electrons. The molecule has 16 heavy (non-hydrogen) atoms. The smallest absolute Gasteiger partial charge is 0.309 e. The molecule has 1 heterocycles. The molecule has 1 fully saturated rings. The van der Waals surface area contributed by atoms with Crippen molar-refractivity contribution in [2.24, 2.45) is 5.92 Å². The van der Waals surface area contributed by atoms with Crippen molar-refractivity contribution < 1.29 is 9.53 Å². The number of hydrogen-bond donors (Lipinski definition) is 0. The van der Waals surface area contributed by atoms with Crippen LogP contribution < -0.4 is 0 Å². The van der Waals surface area contributed by atoms with Crippen molar-refractivity contribution in [1.29, 1.82) is 0 Å². The number of carbonyl (C=O) groups is 1. The summed E-state index contributed by atoms with van der Waals surface area (Å²) in [4.78, 5) is 11.2. The molecule has 94 valence electrons. The van der Waals surface area contributed by atoms with Crippen LogP contribution in [0.5, 0.6) is 0 Å². The maximum atomic E-state index is 11.2. The average Bonchev–Trinajstić information content (AvgIpc) is 2.68. The van der Waals surface area contributed by atoms with Gasteiger partial charge in [0.05, 0.1) is 12.5 Å². The second-order valence-electron chi connectivity index (χ2n) is 4.92. The van der Waals surface area contributed by atoms with E-state index < -0.39 is 0 Å². The Morgan fingerprint density at radius 3 is 2.25 bits per heavy atom. The number of unbranched alkanes of at least 4 members (excludes halogenated alkanes) is 7. The summed E-state index contributed by atoms with van der Waals surface area (Å²) in [5, 5.41) is 0. The first-order valence-electron chi connectivity index (χ1n) is 7.01. The zero-order valence-corrected chi connectivity index (χ0v) is 10.7. The molecule has 0 aliphatic carbocycles. The molecule has 1 aliphatic rings. The van der Waals surface area contributed by atoms with Gasteiger partial charge in [-0.2, -0.15) is 0 Å². The van der Waals surface area contributed by atoms with Crippen molar-refractivity contribution in [2.45, 2.75) is 71.1 Å². The van der Waals surface area contributed by atoms with Crippen LogP contribution in [0, 0.1) is 5.92 Å². The van der Waals surface area contributed by atoms with Gasteiger partial charge in [0.15, 0.2) is 0 Å². The number of cyclic esters (lactones) is 1. The number of carbonyl (C=O) groups excluding carboxylic acids is 1. The molecule has 0 saturated carbocycles. The molecule has 0 aromatic rings. The lowest BCUT2D eigenvalue weighted by Gasteiger charge is -2.05. The van der Waals surface area contributed by atoms with Crippen molar-refractivity contribution in [2.75, 3.05) is 6.61 Å². The van der Waals surface area contributed by atoms with E-state index in [4.69, 9.17) is 4.74 Å². The van der Waals surface area contributed by atoms with Crippen LogP contribution in [0.1, 0.15) is 71.1 Å². The van der Waals surface area contributed by atoms with Gasteiger partial charge in [0.2, 0.25) is 0 Å². The Balaban J connectivity index is 1.83. The Labute approximate surface area is 99.8 Å². The van der Waals surface area contributed by atoms with Crippen LogP contribution in [0.15, 0.2) is 0 Å². The maximum Gasteiger partial charge on any atom is 0.309 e. The summed E-state index contributed by atoms with van der Waals surface area (Å²) in [5.74, 6) is 0.267. The normalized spacial score (nSPS) is 20.1. The zero-order valence-electron chi connectivity index (χ0n) is 10.7. The largest absolute Gasteiger partial charge is 0.465 e. The fourth-order valence-corrected chi connectivity index (χ4v) is 2.32. The molecule has 0 spiro atoms. The molecular weight excluding hydrogens is 200 g/mol. The summed E-state index contributed by atoms with van der Waals surface area (Å²) in [6.07, 6.45) is 12.7. The second-order valence-corrected chi connectivity index (χ2v) is 4.92. The maximum absolute atomic E-state index is 11.2. The first-order chi connectivity index (χ1) is 7.84. The molecule has 0 aromatic heterocycles. The Kier molecular flexibility index (Phi) is 7.28. The minimum atomic E-state index is 0.0444. The van der Waals surface area contributed by atoms with Gasteiger partial charge in [-0.3, -0.25) is 4.79 Å². The van der Waals surface area contributed by atoms with E-state index in [9.17, 15) is 4.79 Å². The topological polar surface area (TPSA) is 26.3 Å². The Morgan fingerprint density at radius 2 is 1.69 bits per heavy atom. The van der Waals surface area contributed by atoms with Gasteiger partial charge in [-0.25, -0.2) is 0 Å². The number of rotatable bonds is 9. The van der Waals surface area contributed by atoms with E-state index in [-0.39, 0.29) is 11.9 Å². The predicted molar refractivity (Wildman–Crippen MR) is 66.3 cm³/mol. The standard InChI is InChI=1S/C14H26O2/c1-2-3-4-5-6-7-8-9-10-13-11-12-16-14(13)15/h13H,2-12H2,1H3/t13-/m0/s1. The fourth-order valence-electron chi connectivity index (χ4n) is 2.32. The van der Waals surface area contributed by atoms with Crippen LogP contribution in [0.2, 0.25) is 0 Å². The minimum Gasteiger partial charge on any atom is -0.465 e. The van der Waals surface area contributed by atoms with E-state index in [2.05, 4.69) is 6.92 Å². The summed E-state index contributed by atoms with van der Waals surface area (Å²) in [7, 11) is 0. The van der Waals surface area contributed by atoms with E-state index in [0.717, 1.165) is 12.8 Å². The first-order valence-corrected chi connectivity index (χ1v) is 7.01. The fraction of sp³-hybridized carbons (Fsp3) is 0.929. The van der Waals surface area contributed by atoms with Gasteiger partial charge >= 0.3 is 5.97 Å². The van der Waals surface area contributed by atoms with Crippen molar-refractivity contribution in [3.05, 3.63) is 0 Å². The highest BCUT2D eigenvalue weighted by Gasteiger charge is 2.25. The lowest BCUT2D eigenvalue weighted by Crippen LogP contribution is -2.06. The van der Waals surface area contributed by atoms with Crippen molar-refractivity contribution in [1.82, 2.24) is 0 Å². The minimum absolute atomic E-state index is 0.0444. The highest BCUT2D eigenvalue weighted by Crippen LogP contribution is 2.21. The summed E-state index contributed by atoms with van der Waals surface area (Å²) in [6.45, 7) is 2.90. The van der Waals surface area contributed by atoms with Crippen LogP contribution in [0.25, 0.3) is 0 Å². The number of hydrogen-bond acceptors (Lipinski definition) is 2. The molecule has 1 saturated heterocycles. The molecule has 1 rings (SSSR count). The van der Waals surface area contributed by atoms with E-state index in [1.165, 1.54) is 51.4 Å². The molecule has 0 amide bonds. The van der Waals surface area contributed by atoms with Crippen molar-refractivity contribution in [3.8, 4) is 0 Å². The molecular formula is C14H26O2. The van der Waals surface area contributed by atoms with Crippen LogP contribution in [0.4, 0.5) is 0 Å². The summed E-state index contributed by atoms with van der Waals surface area (Å²) in [5.41, 5.74) is 0. The number of ether oxygens (including phenoxy) is 1. The molecule has 0 N–H and O–H groups in total. The monoisotopic (exact) mass is 226 g/mol.